The lowest BCUT2D eigenvalue weighted by Crippen LogP contribution is -2.13. The molecule has 2 rings (SSSR count). The normalized spacial score (nSPS) is 11.7. The molecule has 0 aromatic carbocycles. The Labute approximate surface area is 117 Å². The molecular weight excluding hydrogens is 289 g/mol. The lowest BCUT2D eigenvalue weighted by atomic mass is 10.3. The Hall–Kier alpha value is -2.20. The molecule has 7 nitrogen and oxygen atoms in total. The van der Waals surface area contributed by atoms with Gasteiger partial charge in [0, 0.05) is 18.9 Å². The van der Waals surface area contributed by atoms with Crippen LogP contribution < -0.4 is 11.3 Å². The van der Waals surface area contributed by atoms with E-state index in [0.29, 0.717) is 6.61 Å². The zero-order chi connectivity index (χ0) is 15.5. The van der Waals surface area contributed by atoms with Gasteiger partial charge in [0.2, 0.25) is 0 Å². The maximum atomic E-state index is 12.6. The highest BCUT2D eigenvalue weighted by Crippen LogP contribution is 2.29. The molecule has 21 heavy (non-hydrogen) atoms. The standard InChI is InChI=1S/C11H13F3N6O/c1-2-21-6-9-17-8(19-15)3-10(18-9)20-5-7(4-16-20)11(12,13)14/h3-5H,2,6,15H2,1H3,(H,17,18,19). The topological polar surface area (TPSA) is 90.9 Å². The van der Waals surface area contributed by atoms with E-state index in [-0.39, 0.29) is 24.1 Å². The first-order chi connectivity index (χ1) is 9.94. The SMILES string of the molecule is CCOCc1nc(NN)cc(-n2cc(C(F)(F)F)cn2)n1. The third-order valence-corrected chi connectivity index (χ3v) is 2.49. The van der Waals surface area contributed by atoms with E-state index in [1.807, 2.05) is 0 Å². The van der Waals surface area contributed by atoms with Crippen LogP contribution in [0, 0.1) is 0 Å². The minimum Gasteiger partial charge on any atom is -0.374 e. The third kappa shape index (κ3) is 3.67. The van der Waals surface area contributed by atoms with Crippen LogP contribution >= 0.6 is 0 Å². The summed E-state index contributed by atoms with van der Waals surface area (Å²) in [4.78, 5) is 8.12. The van der Waals surface area contributed by atoms with Gasteiger partial charge in [0.1, 0.15) is 12.4 Å². The predicted octanol–water partition coefficient (Wildman–Crippen LogP) is 1.50. The van der Waals surface area contributed by atoms with Gasteiger partial charge in [-0.1, -0.05) is 0 Å². The molecule has 0 saturated heterocycles. The summed E-state index contributed by atoms with van der Waals surface area (Å²) in [6, 6.07) is 1.38. The lowest BCUT2D eigenvalue weighted by Gasteiger charge is -2.07. The van der Waals surface area contributed by atoms with Crippen molar-refractivity contribution in [3.8, 4) is 5.82 Å². The summed E-state index contributed by atoms with van der Waals surface area (Å²) in [6.45, 7) is 2.38. The van der Waals surface area contributed by atoms with E-state index in [1.165, 1.54) is 6.07 Å². The van der Waals surface area contributed by atoms with Crippen LogP contribution in [0.1, 0.15) is 18.3 Å². The van der Waals surface area contributed by atoms with Crippen LogP contribution in [0.3, 0.4) is 0 Å². The molecule has 0 aliphatic rings. The smallest absolute Gasteiger partial charge is 0.374 e. The van der Waals surface area contributed by atoms with E-state index in [0.717, 1.165) is 17.1 Å². The molecule has 0 bridgehead atoms. The first-order valence-electron chi connectivity index (χ1n) is 5.98. The van der Waals surface area contributed by atoms with Crippen LogP contribution in [-0.2, 0) is 17.5 Å². The molecule has 0 fully saturated rings. The van der Waals surface area contributed by atoms with Gasteiger partial charge in [-0.25, -0.2) is 20.5 Å². The van der Waals surface area contributed by atoms with Crippen molar-refractivity contribution in [2.75, 3.05) is 12.0 Å². The number of nitrogens with two attached hydrogens (primary N) is 1. The fraction of sp³-hybridized carbons (Fsp3) is 0.364. The van der Waals surface area contributed by atoms with Crippen LogP contribution in [0.2, 0.25) is 0 Å². The summed E-state index contributed by atoms with van der Waals surface area (Å²) in [5.41, 5.74) is 1.45. The van der Waals surface area contributed by atoms with Crippen LogP contribution in [0.15, 0.2) is 18.5 Å². The number of aromatic nitrogens is 4. The van der Waals surface area contributed by atoms with Crippen molar-refractivity contribution in [3.63, 3.8) is 0 Å². The molecule has 2 aromatic heterocycles. The van der Waals surface area contributed by atoms with Gasteiger partial charge in [-0.05, 0) is 6.92 Å². The number of rotatable bonds is 5. The molecular formula is C11H13F3N6O. The number of hydrogen-bond acceptors (Lipinski definition) is 6. The van der Waals surface area contributed by atoms with Gasteiger partial charge in [0.15, 0.2) is 11.6 Å². The molecule has 10 heteroatoms. The van der Waals surface area contributed by atoms with Crippen molar-refractivity contribution in [1.82, 2.24) is 19.7 Å². The van der Waals surface area contributed by atoms with Crippen LogP contribution in [-0.4, -0.2) is 26.4 Å². The average molecular weight is 302 g/mol. The minimum atomic E-state index is -4.46. The number of nitrogens with zero attached hydrogens (tertiary/aromatic N) is 4. The molecule has 0 aliphatic heterocycles. The van der Waals surface area contributed by atoms with E-state index in [9.17, 15) is 13.2 Å². The van der Waals surface area contributed by atoms with Crippen LogP contribution in [0.4, 0.5) is 19.0 Å². The average Bonchev–Trinajstić information content (AvgIpc) is 2.94. The Kier molecular flexibility index (Phi) is 4.38. The fourth-order valence-corrected chi connectivity index (χ4v) is 1.53. The number of ether oxygens (including phenoxy) is 1. The highest BCUT2D eigenvalue weighted by molar-refractivity contribution is 5.40. The van der Waals surface area contributed by atoms with E-state index >= 15 is 0 Å². The largest absolute Gasteiger partial charge is 0.419 e. The molecule has 3 N–H and O–H groups in total. The Morgan fingerprint density at radius 1 is 1.38 bits per heavy atom. The summed E-state index contributed by atoms with van der Waals surface area (Å²) in [6.07, 6.45) is -2.90. The maximum Gasteiger partial charge on any atom is 0.419 e. The molecule has 0 unspecified atom stereocenters. The predicted molar refractivity (Wildman–Crippen MR) is 67.3 cm³/mol. The Morgan fingerprint density at radius 3 is 2.71 bits per heavy atom. The fourth-order valence-electron chi connectivity index (χ4n) is 1.53. The first kappa shape index (κ1) is 15.2. The van der Waals surface area contributed by atoms with Gasteiger partial charge in [-0.3, -0.25) is 0 Å². The second-order valence-corrected chi connectivity index (χ2v) is 3.98. The highest BCUT2D eigenvalue weighted by Gasteiger charge is 2.32. The number of hydrogen-bond donors (Lipinski definition) is 2. The van der Waals surface area contributed by atoms with Gasteiger partial charge in [-0.2, -0.15) is 18.3 Å². The summed E-state index contributed by atoms with van der Waals surface area (Å²) >= 11 is 0. The first-order valence-corrected chi connectivity index (χ1v) is 5.98. The van der Waals surface area contributed by atoms with E-state index < -0.39 is 11.7 Å². The lowest BCUT2D eigenvalue weighted by molar-refractivity contribution is -0.137. The molecule has 0 radical (unpaired) electrons. The summed E-state index contributed by atoms with van der Waals surface area (Å²) in [7, 11) is 0. The second kappa shape index (κ2) is 6.06. The number of anilines is 1. The van der Waals surface area contributed by atoms with E-state index in [1.54, 1.807) is 6.92 Å². The highest BCUT2D eigenvalue weighted by atomic mass is 19.4. The van der Waals surface area contributed by atoms with Crippen LogP contribution in [0.5, 0.6) is 0 Å². The Bertz CT molecular complexity index is 612. The van der Waals surface area contributed by atoms with Crippen LogP contribution in [0.25, 0.3) is 5.82 Å². The van der Waals surface area contributed by atoms with Crippen molar-refractivity contribution >= 4 is 5.82 Å². The number of alkyl halides is 3. The van der Waals surface area contributed by atoms with Gasteiger partial charge >= 0.3 is 6.18 Å². The summed E-state index contributed by atoms with van der Waals surface area (Å²) in [5, 5.41) is 3.65. The molecule has 0 aliphatic carbocycles. The quantitative estimate of drug-likeness (QED) is 0.642. The summed E-state index contributed by atoms with van der Waals surface area (Å²) in [5.74, 6) is 5.97. The number of halogens is 3. The van der Waals surface area contributed by atoms with Crippen molar-refractivity contribution in [2.24, 2.45) is 5.84 Å². The Morgan fingerprint density at radius 2 is 2.14 bits per heavy atom. The van der Waals surface area contributed by atoms with Gasteiger partial charge in [-0.15, -0.1) is 0 Å². The monoisotopic (exact) mass is 302 g/mol. The number of hydrazine groups is 1. The molecule has 0 atom stereocenters. The zero-order valence-corrected chi connectivity index (χ0v) is 11.1. The van der Waals surface area contributed by atoms with Crippen molar-refractivity contribution in [2.45, 2.75) is 19.7 Å². The molecule has 0 amide bonds. The second-order valence-electron chi connectivity index (χ2n) is 3.98. The molecule has 0 saturated carbocycles. The van der Waals surface area contributed by atoms with Crippen molar-refractivity contribution < 1.29 is 17.9 Å². The van der Waals surface area contributed by atoms with Gasteiger partial charge in [0.05, 0.1) is 11.8 Å². The van der Waals surface area contributed by atoms with Gasteiger partial charge < -0.3 is 10.2 Å². The zero-order valence-electron chi connectivity index (χ0n) is 11.1. The molecule has 0 spiro atoms. The van der Waals surface area contributed by atoms with Crippen molar-refractivity contribution in [3.05, 3.63) is 29.8 Å². The van der Waals surface area contributed by atoms with Gasteiger partial charge in [0.25, 0.3) is 0 Å². The molecule has 2 aromatic rings. The van der Waals surface area contributed by atoms with E-state index in [2.05, 4.69) is 20.5 Å². The minimum absolute atomic E-state index is 0.117. The van der Waals surface area contributed by atoms with Crippen molar-refractivity contribution in [1.29, 1.82) is 0 Å². The maximum absolute atomic E-state index is 12.6. The molecule has 114 valence electrons. The molecule has 2 heterocycles. The number of nitrogens with one attached hydrogen (secondary N) is 1. The third-order valence-electron chi connectivity index (χ3n) is 2.49. The van der Waals surface area contributed by atoms with E-state index in [4.69, 9.17) is 10.6 Å². The Balaban J connectivity index is 2.36. The number of nitrogen functional groups attached to an aromatic ring is 1. The summed E-state index contributed by atoms with van der Waals surface area (Å²) < 4.78 is 43.9.